The molecular weight excluding hydrogens is 360 g/mol. The van der Waals surface area contributed by atoms with Crippen LogP contribution < -0.4 is 20.5 Å². The van der Waals surface area contributed by atoms with Crippen molar-refractivity contribution < 1.29 is 18.2 Å². The van der Waals surface area contributed by atoms with Crippen LogP contribution in [0.5, 0.6) is 5.75 Å². The van der Waals surface area contributed by atoms with Crippen molar-refractivity contribution in [2.24, 2.45) is 4.99 Å². The predicted molar refractivity (Wildman–Crippen MR) is 98.9 cm³/mol. The number of benzene rings is 1. The van der Waals surface area contributed by atoms with E-state index in [1.54, 1.807) is 21.0 Å². The largest absolute Gasteiger partial charge is 0.471 e. The molecule has 1 unspecified atom stereocenters. The molecule has 0 spiro atoms. The number of ether oxygens (including phenoxy) is 1. The lowest BCUT2D eigenvalue weighted by molar-refractivity contribution is -0.675. The van der Waals surface area contributed by atoms with Gasteiger partial charge in [-0.05, 0) is 31.6 Å². The third-order valence-electron chi connectivity index (χ3n) is 2.97. The Morgan fingerprint density at radius 2 is 2.16 bits per heavy atom. The zero-order chi connectivity index (χ0) is 18.2. The number of allylic oxidation sites excluding steroid dienone is 1. The lowest BCUT2D eigenvalue weighted by Gasteiger charge is -2.10. The Labute approximate surface area is 153 Å². The number of hydrogen-bond acceptors (Lipinski definition) is 5. The molecule has 0 radical (unpaired) electrons. The molecule has 0 bridgehead atoms. The second kappa shape index (κ2) is 9.40. The molecule has 0 saturated heterocycles. The number of aromatic nitrogens is 2. The fraction of sp³-hybridized carbons (Fsp3) is 0.250. The summed E-state index contributed by atoms with van der Waals surface area (Å²) < 4.78 is 29.8. The van der Waals surface area contributed by atoms with Crippen LogP contribution >= 0.6 is 11.9 Å². The molecule has 7 nitrogen and oxygen atoms in total. The number of rotatable bonds is 7. The van der Waals surface area contributed by atoms with Crippen molar-refractivity contribution in [3.63, 3.8) is 0 Å². The molecular formula is C16H21N4O3S2+. The summed E-state index contributed by atoms with van der Waals surface area (Å²) in [6.07, 6.45) is 6.69. The van der Waals surface area contributed by atoms with Crippen LogP contribution in [-0.4, -0.2) is 25.7 Å². The van der Waals surface area contributed by atoms with Gasteiger partial charge >= 0.3 is 5.62 Å². The second-order valence-corrected chi connectivity index (χ2v) is 6.91. The normalized spacial score (nSPS) is 12.6. The first kappa shape index (κ1) is 19.2. The van der Waals surface area contributed by atoms with E-state index in [9.17, 15) is 8.76 Å². The van der Waals surface area contributed by atoms with Gasteiger partial charge in [-0.1, -0.05) is 23.2 Å². The summed E-state index contributed by atoms with van der Waals surface area (Å²) >= 11 is -0.737. The predicted octanol–water partition coefficient (Wildman–Crippen LogP) is 1.89. The van der Waals surface area contributed by atoms with Gasteiger partial charge in [0.25, 0.3) is 0 Å². The van der Waals surface area contributed by atoms with E-state index in [0.29, 0.717) is 5.62 Å². The summed E-state index contributed by atoms with van der Waals surface area (Å²) in [5.74, 6) is 0.720. The van der Waals surface area contributed by atoms with Crippen molar-refractivity contribution >= 4 is 23.0 Å². The molecule has 0 aliphatic heterocycles. The van der Waals surface area contributed by atoms with E-state index in [2.05, 4.69) is 10.4 Å². The van der Waals surface area contributed by atoms with Crippen LogP contribution in [0.3, 0.4) is 0 Å². The smallest absolute Gasteiger partial charge is 0.431 e. The molecule has 1 atom stereocenters. The molecule has 0 aliphatic carbocycles. The summed E-state index contributed by atoms with van der Waals surface area (Å²) in [4.78, 5) is 4.69. The molecule has 134 valence electrons. The number of nitrogens with one attached hydrogen (secondary N) is 1. The third-order valence-corrected chi connectivity index (χ3v) is 4.24. The Hall–Kier alpha value is -2.10. The van der Waals surface area contributed by atoms with Crippen molar-refractivity contribution in [1.29, 1.82) is 0 Å². The van der Waals surface area contributed by atoms with E-state index >= 15 is 0 Å². The van der Waals surface area contributed by atoms with Crippen LogP contribution in [0, 0.1) is 0 Å². The second-order valence-electron chi connectivity index (χ2n) is 5.18. The average Bonchev–Trinajstić information content (AvgIpc) is 2.60. The van der Waals surface area contributed by atoms with Gasteiger partial charge in [0.1, 0.15) is 23.0 Å². The van der Waals surface area contributed by atoms with E-state index in [4.69, 9.17) is 4.74 Å². The van der Waals surface area contributed by atoms with Gasteiger partial charge in [-0.3, -0.25) is 0 Å². The molecule has 0 fully saturated rings. The Bertz CT molecular complexity index is 831. The van der Waals surface area contributed by atoms with Gasteiger partial charge in [-0.2, -0.15) is 3.97 Å². The summed E-state index contributed by atoms with van der Waals surface area (Å²) in [6.45, 7) is 4.06. The van der Waals surface area contributed by atoms with E-state index in [-0.39, 0.29) is 11.6 Å². The van der Waals surface area contributed by atoms with Crippen molar-refractivity contribution in [2.45, 2.75) is 18.7 Å². The van der Waals surface area contributed by atoms with Crippen LogP contribution in [0.25, 0.3) is 0 Å². The van der Waals surface area contributed by atoms with Gasteiger partial charge in [-0.15, -0.1) is 4.68 Å². The highest BCUT2D eigenvalue weighted by molar-refractivity contribution is 7.97. The van der Waals surface area contributed by atoms with E-state index in [0.717, 1.165) is 11.3 Å². The number of nitrogens with zero attached hydrogens (tertiary/aromatic N) is 3. The third kappa shape index (κ3) is 5.73. The molecule has 1 aromatic carbocycles. The summed E-state index contributed by atoms with van der Waals surface area (Å²) in [5.41, 5.74) is 4.64. The van der Waals surface area contributed by atoms with Gasteiger partial charge in [0.15, 0.2) is 17.8 Å². The highest BCUT2D eigenvalue weighted by Crippen LogP contribution is 2.07. The SMILES string of the molecule is CSn1cc(S(=O)O)c[n+](NCOc2ccccc2)c1=NC=C(C)C. The Morgan fingerprint density at radius 1 is 1.44 bits per heavy atom. The molecule has 9 heteroatoms. The van der Waals surface area contributed by atoms with Gasteiger partial charge in [-0.25, -0.2) is 9.63 Å². The molecule has 2 aromatic rings. The van der Waals surface area contributed by atoms with Gasteiger partial charge in [0, 0.05) is 18.2 Å². The molecule has 2 N–H and O–H groups in total. The highest BCUT2D eigenvalue weighted by Gasteiger charge is 2.14. The van der Waals surface area contributed by atoms with Crippen LogP contribution in [0.1, 0.15) is 13.8 Å². The van der Waals surface area contributed by atoms with E-state index in [1.807, 2.05) is 50.4 Å². The van der Waals surface area contributed by atoms with Crippen molar-refractivity contribution in [1.82, 2.24) is 3.97 Å². The molecule has 1 heterocycles. The van der Waals surface area contributed by atoms with Gasteiger partial charge in [0.2, 0.25) is 0 Å². The van der Waals surface area contributed by atoms with Crippen molar-refractivity contribution in [2.75, 3.05) is 18.4 Å². The summed E-state index contributed by atoms with van der Waals surface area (Å²) in [6, 6.07) is 9.38. The first-order valence-electron chi connectivity index (χ1n) is 7.44. The van der Waals surface area contributed by atoms with Crippen LogP contribution in [0.2, 0.25) is 0 Å². The minimum atomic E-state index is -2.11. The minimum Gasteiger partial charge on any atom is -0.471 e. The van der Waals surface area contributed by atoms with Gasteiger partial charge in [0.05, 0.1) is 6.20 Å². The molecule has 0 amide bonds. The fourth-order valence-corrected chi connectivity index (χ4v) is 2.82. The molecule has 2 rings (SSSR count). The van der Waals surface area contributed by atoms with E-state index < -0.39 is 11.1 Å². The fourth-order valence-electron chi connectivity index (χ4n) is 1.85. The van der Waals surface area contributed by atoms with Crippen molar-refractivity contribution in [3.05, 3.63) is 60.1 Å². The standard InChI is InChI=1S/C16H20N4O3S2/c1-13(2)9-17-16-19(10-15(25(21)22)11-20(16)24-3)18-12-23-14-7-5-4-6-8-14/h4-11,18H,12H2,1-3H3/p+1. The lowest BCUT2D eigenvalue weighted by atomic mass is 10.3. The lowest BCUT2D eigenvalue weighted by Crippen LogP contribution is -2.61. The quantitative estimate of drug-likeness (QED) is 0.435. The van der Waals surface area contributed by atoms with E-state index in [1.165, 1.54) is 18.1 Å². The Balaban J connectivity index is 2.35. The first-order valence-corrected chi connectivity index (χ1v) is 9.72. The summed E-state index contributed by atoms with van der Waals surface area (Å²) in [5, 5.41) is 0. The zero-order valence-electron chi connectivity index (χ0n) is 14.2. The maximum absolute atomic E-state index is 11.5. The highest BCUT2D eigenvalue weighted by atomic mass is 32.2. The maximum Gasteiger partial charge on any atom is 0.431 e. The molecule has 0 aliphatic rings. The molecule has 1 aromatic heterocycles. The van der Waals surface area contributed by atoms with Crippen LogP contribution in [0.15, 0.2) is 64.4 Å². The van der Waals surface area contributed by atoms with Crippen LogP contribution in [0.4, 0.5) is 0 Å². The monoisotopic (exact) mass is 381 g/mol. The maximum atomic E-state index is 11.5. The summed E-state index contributed by atoms with van der Waals surface area (Å²) in [7, 11) is 0. The first-order chi connectivity index (χ1) is 12.0. The van der Waals surface area contributed by atoms with Gasteiger partial charge < -0.3 is 9.29 Å². The number of para-hydroxylation sites is 1. The minimum absolute atomic E-state index is 0.169. The Morgan fingerprint density at radius 3 is 2.76 bits per heavy atom. The topological polar surface area (TPSA) is 79.7 Å². The van der Waals surface area contributed by atoms with Crippen LogP contribution in [-0.2, 0) is 11.1 Å². The zero-order valence-corrected chi connectivity index (χ0v) is 15.9. The Kier molecular flexibility index (Phi) is 7.23. The molecule has 0 saturated carbocycles. The average molecular weight is 382 g/mol. The molecule has 25 heavy (non-hydrogen) atoms. The van der Waals surface area contributed by atoms with Crippen molar-refractivity contribution in [3.8, 4) is 5.75 Å². The number of hydrogen-bond donors (Lipinski definition) is 2.